The number of allylic oxidation sites excluding steroid dienone is 1. The van der Waals surface area contributed by atoms with Crippen molar-refractivity contribution in [2.75, 3.05) is 19.8 Å². The minimum absolute atomic E-state index is 0.352. The zero-order valence-corrected chi connectivity index (χ0v) is 15.0. The fourth-order valence-electron chi connectivity index (χ4n) is 2.06. The highest BCUT2D eigenvalue weighted by Crippen LogP contribution is 2.25. The van der Waals surface area contributed by atoms with Crippen LogP contribution in [0.3, 0.4) is 0 Å². The van der Waals surface area contributed by atoms with Crippen LogP contribution in [0.2, 0.25) is 5.54 Å². The molecule has 3 nitrogen and oxygen atoms in total. The van der Waals surface area contributed by atoms with Crippen molar-refractivity contribution in [2.45, 2.75) is 32.7 Å². The summed E-state index contributed by atoms with van der Waals surface area (Å²) >= 11 is 0. The summed E-state index contributed by atoms with van der Waals surface area (Å²) in [5, 5.41) is 0. The third-order valence-electron chi connectivity index (χ3n) is 2.88. The van der Waals surface area contributed by atoms with Crippen molar-refractivity contribution in [3.05, 3.63) is 47.6 Å². The minimum Gasteiger partial charge on any atom is -0.491 e. The Morgan fingerprint density at radius 1 is 0.950 bits per heavy atom. The quantitative estimate of drug-likeness (QED) is 0.518. The number of ether oxygens (including phenoxy) is 3. The summed E-state index contributed by atoms with van der Waals surface area (Å²) in [6.07, 6.45) is 0.964. The van der Waals surface area contributed by atoms with Gasteiger partial charge in [0.25, 0.3) is 0 Å². The monoisotopic (exact) mass is 294 g/mol. The maximum Gasteiger partial charge on any atom is 0.318 e. The highest BCUT2D eigenvalue weighted by atomic mass is 28.1. The Balaban J connectivity index is 2.89. The molecule has 0 aliphatic heterocycles. The number of hydrogen-bond acceptors (Lipinski definition) is 3. The average Bonchev–Trinajstić information content (AvgIpc) is 2.45. The molecule has 0 radical (unpaired) electrons. The first-order chi connectivity index (χ1) is 9.72. The van der Waals surface area contributed by atoms with Gasteiger partial charge in [0.1, 0.15) is 0 Å². The second kappa shape index (κ2) is 9.48. The Morgan fingerprint density at radius 2 is 1.50 bits per heavy atom. The summed E-state index contributed by atoms with van der Waals surface area (Å²) in [5.74, 6) is 1.43. The standard InChI is InChI=1S/C16H26O3Si/c1-4-17-15(16(18-5-2)19-6-3)14(20)12-13-10-8-7-9-11-13/h7-11,14H,4-6,12H2,1-3,20H3. The molecule has 1 aromatic rings. The smallest absolute Gasteiger partial charge is 0.318 e. The molecule has 0 amide bonds. The Bertz CT molecular complexity index is 395. The molecule has 1 atom stereocenters. The SMILES string of the molecule is CCOC(OCC)=C(OCC)C([SiH3])Cc1ccccc1. The van der Waals surface area contributed by atoms with Gasteiger partial charge in [-0.15, -0.1) is 0 Å². The van der Waals surface area contributed by atoms with Crippen LogP contribution in [0.1, 0.15) is 26.3 Å². The molecule has 0 heterocycles. The lowest BCUT2D eigenvalue weighted by Gasteiger charge is -2.20. The van der Waals surface area contributed by atoms with E-state index in [0.717, 1.165) is 22.4 Å². The van der Waals surface area contributed by atoms with E-state index >= 15 is 0 Å². The molecule has 1 aromatic carbocycles. The van der Waals surface area contributed by atoms with Crippen LogP contribution in [0, 0.1) is 0 Å². The Labute approximate surface area is 125 Å². The molecule has 0 aromatic heterocycles. The van der Waals surface area contributed by atoms with Crippen LogP contribution >= 0.6 is 0 Å². The van der Waals surface area contributed by atoms with Crippen LogP contribution in [-0.4, -0.2) is 30.1 Å². The second-order valence-electron chi connectivity index (χ2n) is 4.54. The molecule has 20 heavy (non-hydrogen) atoms. The van der Waals surface area contributed by atoms with Crippen molar-refractivity contribution in [3.8, 4) is 0 Å². The number of hydrogen-bond donors (Lipinski definition) is 0. The topological polar surface area (TPSA) is 27.7 Å². The molecule has 0 N–H and O–H groups in total. The van der Waals surface area contributed by atoms with E-state index in [-0.39, 0.29) is 0 Å². The van der Waals surface area contributed by atoms with Crippen molar-refractivity contribution in [3.63, 3.8) is 0 Å². The maximum absolute atomic E-state index is 5.81. The molecule has 1 unspecified atom stereocenters. The molecule has 0 bridgehead atoms. The van der Waals surface area contributed by atoms with Crippen molar-refractivity contribution < 1.29 is 14.2 Å². The second-order valence-corrected chi connectivity index (χ2v) is 5.94. The van der Waals surface area contributed by atoms with E-state index in [4.69, 9.17) is 14.2 Å². The predicted octanol–water partition coefficient (Wildman–Crippen LogP) is 2.66. The minimum atomic E-state index is 0.352. The summed E-state index contributed by atoms with van der Waals surface area (Å²) in [7, 11) is 0.991. The summed E-state index contributed by atoms with van der Waals surface area (Å²) < 4.78 is 17.0. The van der Waals surface area contributed by atoms with Gasteiger partial charge in [-0.2, -0.15) is 0 Å². The van der Waals surface area contributed by atoms with Gasteiger partial charge in [-0.3, -0.25) is 0 Å². The Kier molecular flexibility index (Phi) is 7.88. The summed E-state index contributed by atoms with van der Waals surface area (Å²) in [6, 6.07) is 10.5. The molecular formula is C16H26O3Si. The van der Waals surface area contributed by atoms with Gasteiger partial charge in [-0.05, 0) is 32.8 Å². The van der Waals surface area contributed by atoms with Crippen LogP contribution in [0.25, 0.3) is 0 Å². The zero-order valence-electron chi connectivity index (χ0n) is 13.0. The normalized spacial score (nSPS) is 11.8. The van der Waals surface area contributed by atoms with E-state index in [1.165, 1.54) is 5.56 Å². The third-order valence-corrected chi connectivity index (χ3v) is 3.82. The van der Waals surface area contributed by atoms with Gasteiger partial charge < -0.3 is 14.2 Å². The molecule has 0 spiro atoms. The van der Waals surface area contributed by atoms with Gasteiger partial charge in [-0.25, -0.2) is 0 Å². The fraction of sp³-hybridized carbons (Fsp3) is 0.500. The van der Waals surface area contributed by atoms with E-state index in [2.05, 4.69) is 24.3 Å². The Morgan fingerprint density at radius 3 is 2.00 bits per heavy atom. The average molecular weight is 294 g/mol. The van der Waals surface area contributed by atoms with Crippen LogP contribution in [0.4, 0.5) is 0 Å². The van der Waals surface area contributed by atoms with Crippen LogP contribution in [-0.2, 0) is 20.6 Å². The summed E-state index contributed by atoms with van der Waals surface area (Å²) in [5.41, 5.74) is 1.67. The van der Waals surface area contributed by atoms with Gasteiger partial charge in [-0.1, -0.05) is 30.3 Å². The maximum atomic E-state index is 5.81. The molecular weight excluding hydrogens is 268 g/mol. The summed E-state index contributed by atoms with van der Waals surface area (Å²) in [4.78, 5) is 0. The molecule has 112 valence electrons. The molecule has 0 saturated carbocycles. The third kappa shape index (κ3) is 5.29. The predicted molar refractivity (Wildman–Crippen MR) is 85.7 cm³/mol. The van der Waals surface area contributed by atoms with E-state index in [9.17, 15) is 0 Å². The highest BCUT2D eigenvalue weighted by molar-refractivity contribution is 6.13. The van der Waals surface area contributed by atoms with E-state index < -0.39 is 0 Å². The first-order valence-corrected chi connectivity index (χ1v) is 8.54. The lowest BCUT2D eigenvalue weighted by atomic mass is 10.1. The Hall–Kier alpha value is -1.42. The molecule has 0 fully saturated rings. The van der Waals surface area contributed by atoms with Gasteiger partial charge in [0.2, 0.25) is 0 Å². The van der Waals surface area contributed by atoms with Crippen molar-refractivity contribution in [2.24, 2.45) is 0 Å². The van der Waals surface area contributed by atoms with Gasteiger partial charge in [0, 0.05) is 15.8 Å². The first-order valence-electron chi connectivity index (χ1n) is 7.39. The molecule has 0 saturated heterocycles. The lowest BCUT2D eigenvalue weighted by Crippen LogP contribution is -2.12. The largest absolute Gasteiger partial charge is 0.491 e. The summed E-state index contributed by atoms with van der Waals surface area (Å²) in [6.45, 7) is 7.72. The number of benzene rings is 1. The zero-order chi connectivity index (χ0) is 14.8. The molecule has 0 aliphatic carbocycles. The van der Waals surface area contributed by atoms with Gasteiger partial charge >= 0.3 is 5.95 Å². The van der Waals surface area contributed by atoms with Crippen molar-refractivity contribution >= 4 is 10.2 Å². The van der Waals surface area contributed by atoms with Crippen LogP contribution < -0.4 is 0 Å². The van der Waals surface area contributed by atoms with E-state index in [0.29, 0.717) is 31.3 Å². The lowest BCUT2D eigenvalue weighted by molar-refractivity contribution is 0.0206. The molecule has 4 heteroatoms. The fourth-order valence-corrected chi connectivity index (χ4v) is 2.94. The first kappa shape index (κ1) is 16.6. The highest BCUT2D eigenvalue weighted by Gasteiger charge is 2.19. The van der Waals surface area contributed by atoms with Crippen molar-refractivity contribution in [1.29, 1.82) is 0 Å². The van der Waals surface area contributed by atoms with E-state index in [1.54, 1.807) is 0 Å². The van der Waals surface area contributed by atoms with Gasteiger partial charge in [0.15, 0.2) is 5.76 Å². The van der Waals surface area contributed by atoms with Crippen LogP contribution in [0.5, 0.6) is 0 Å². The van der Waals surface area contributed by atoms with Crippen LogP contribution in [0.15, 0.2) is 42.0 Å². The molecule has 0 aliphatic rings. The number of rotatable bonds is 9. The van der Waals surface area contributed by atoms with E-state index in [1.807, 2.05) is 26.8 Å². The molecule has 1 rings (SSSR count). The van der Waals surface area contributed by atoms with Crippen molar-refractivity contribution in [1.82, 2.24) is 0 Å². The van der Waals surface area contributed by atoms with Gasteiger partial charge in [0.05, 0.1) is 19.8 Å².